The number of nitrogens with zero attached hydrogens (tertiary/aromatic N) is 3. The zero-order valence-electron chi connectivity index (χ0n) is 22.5. The second kappa shape index (κ2) is 11.4. The van der Waals surface area contributed by atoms with Crippen LogP contribution in [-0.4, -0.2) is 60.7 Å². The summed E-state index contributed by atoms with van der Waals surface area (Å²) in [6, 6.07) is 11.3. The van der Waals surface area contributed by atoms with E-state index in [9.17, 15) is 28.1 Å². The molecule has 1 heterocycles. The van der Waals surface area contributed by atoms with Crippen molar-refractivity contribution in [2.45, 2.75) is 63.8 Å². The highest BCUT2D eigenvalue weighted by Crippen LogP contribution is 2.38. The molecular weight excluding hydrogens is 513 g/mol. The van der Waals surface area contributed by atoms with Crippen LogP contribution in [0.3, 0.4) is 0 Å². The van der Waals surface area contributed by atoms with Gasteiger partial charge in [0.05, 0.1) is 11.0 Å². The van der Waals surface area contributed by atoms with Gasteiger partial charge in [-0.25, -0.2) is 0 Å². The van der Waals surface area contributed by atoms with Gasteiger partial charge in [0.25, 0.3) is 5.69 Å². The molecule has 1 aliphatic heterocycles. The number of carbonyl (C=O) groups excluding carboxylic acids is 1. The molecule has 2 aliphatic rings. The smallest absolute Gasteiger partial charge is 0.382 e. The molecule has 2 aromatic rings. The fourth-order valence-electron chi connectivity index (χ4n) is 5.14. The highest BCUT2D eigenvalue weighted by Gasteiger charge is 2.38. The van der Waals surface area contributed by atoms with Crippen molar-refractivity contribution in [3.8, 4) is 0 Å². The van der Waals surface area contributed by atoms with Crippen molar-refractivity contribution < 1.29 is 27.6 Å². The van der Waals surface area contributed by atoms with E-state index in [1.807, 2.05) is 0 Å². The summed E-state index contributed by atoms with van der Waals surface area (Å²) in [7, 11) is 0. The average molecular weight is 549 g/mol. The molecule has 2 atom stereocenters. The minimum Gasteiger partial charge on any atom is -0.382 e. The first-order chi connectivity index (χ1) is 18.3. The van der Waals surface area contributed by atoms with E-state index >= 15 is 0 Å². The van der Waals surface area contributed by atoms with E-state index in [2.05, 4.69) is 55.3 Å². The maximum Gasteiger partial charge on any atom is 0.423 e. The molecule has 0 aromatic heterocycles. The summed E-state index contributed by atoms with van der Waals surface area (Å²) in [6.07, 6.45) is -3.16. The summed E-state index contributed by atoms with van der Waals surface area (Å²) in [6.45, 7) is 9.22. The Kier molecular flexibility index (Phi) is 8.39. The van der Waals surface area contributed by atoms with E-state index in [1.54, 1.807) is 4.90 Å². The molecule has 1 N–H and O–H groups in total. The molecule has 1 amide bonds. The third-order valence-corrected chi connectivity index (χ3v) is 7.43. The largest absolute Gasteiger partial charge is 0.423 e. The maximum atomic E-state index is 13.3. The predicted octanol–water partition coefficient (Wildman–Crippen LogP) is 5.61. The van der Waals surface area contributed by atoms with Crippen LogP contribution in [0.5, 0.6) is 0 Å². The SMILES string of the molecule is CC(C)(C)c1ccc(N2CCN(C(=O)COC3CC[C@@H](Nc4ccc([N+](=O)[O-])c(C(F)(F)F)c4)C3)CC2)cc1. The summed E-state index contributed by atoms with van der Waals surface area (Å²) in [4.78, 5) is 26.8. The highest BCUT2D eigenvalue weighted by atomic mass is 19.4. The van der Waals surface area contributed by atoms with Crippen molar-refractivity contribution in [3.05, 3.63) is 63.7 Å². The van der Waals surface area contributed by atoms with Crippen LogP contribution in [0.2, 0.25) is 0 Å². The van der Waals surface area contributed by atoms with Crippen molar-refractivity contribution >= 4 is 23.0 Å². The molecule has 0 spiro atoms. The molecule has 2 fully saturated rings. The number of ether oxygens (including phenoxy) is 1. The number of nitro groups is 1. The van der Waals surface area contributed by atoms with Crippen molar-refractivity contribution in [3.63, 3.8) is 0 Å². The van der Waals surface area contributed by atoms with Crippen LogP contribution < -0.4 is 10.2 Å². The Bertz CT molecular complexity index is 1170. The molecule has 1 unspecified atom stereocenters. The van der Waals surface area contributed by atoms with E-state index in [0.717, 1.165) is 30.9 Å². The highest BCUT2D eigenvalue weighted by molar-refractivity contribution is 5.77. The molecule has 8 nitrogen and oxygen atoms in total. The number of anilines is 2. The Morgan fingerprint density at radius 1 is 1.05 bits per heavy atom. The Labute approximate surface area is 226 Å². The van der Waals surface area contributed by atoms with Gasteiger partial charge >= 0.3 is 6.18 Å². The van der Waals surface area contributed by atoms with E-state index in [4.69, 9.17) is 4.74 Å². The lowest BCUT2D eigenvalue weighted by atomic mass is 9.87. The lowest BCUT2D eigenvalue weighted by Crippen LogP contribution is -2.50. The Morgan fingerprint density at radius 2 is 1.72 bits per heavy atom. The number of rotatable bonds is 7. The van der Waals surface area contributed by atoms with Crippen LogP contribution in [-0.2, 0) is 21.1 Å². The quantitative estimate of drug-likeness (QED) is 0.358. The van der Waals surface area contributed by atoms with Gasteiger partial charge in [-0.05, 0) is 54.5 Å². The summed E-state index contributed by atoms with van der Waals surface area (Å²) < 4.78 is 45.6. The Hall–Kier alpha value is -3.34. The lowest BCUT2D eigenvalue weighted by molar-refractivity contribution is -0.388. The van der Waals surface area contributed by atoms with Crippen LogP contribution in [0.4, 0.5) is 30.2 Å². The molecule has 4 rings (SSSR count). The van der Waals surface area contributed by atoms with Crippen LogP contribution in [0.1, 0.15) is 51.2 Å². The van der Waals surface area contributed by atoms with E-state index < -0.39 is 22.4 Å². The van der Waals surface area contributed by atoms with Crippen LogP contribution >= 0.6 is 0 Å². The predicted molar refractivity (Wildman–Crippen MR) is 143 cm³/mol. The average Bonchev–Trinajstić information content (AvgIpc) is 3.33. The minimum absolute atomic E-state index is 0.0343. The Balaban J connectivity index is 1.22. The minimum atomic E-state index is -4.83. The zero-order chi connectivity index (χ0) is 28.4. The number of piperazine rings is 1. The number of carbonyl (C=O) groups is 1. The van der Waals surface area contributed by atoms with Gasteiger partial charge in [0, 0.05) is 49.7 Å². The van der Waals surface area contributed by atoms with Gasteiger partial charge in [-0.3, -0.25) is 14.9 Å². The number of nitro benzene ring substituents is 1. The lowest BCUT2D eigenvalue weighted by Gasteiger charge is -2.36. The number of halogens is 3. The fourth-order valence-corrected chi connectivity index (χ4v) is 5.14. The van der Waals surface area contributed by atoms with Gasteiger partial charge in [-0.1, -0.05) is 32.9 Å². The second-order valence-electron chi connectivity index (χ2n) is 11.2. The number of hydrogen-bond donors (Lipinski definition) is 1. The molecule has 0 radical (unpaired) electrons. The number of amides is 1. The molecule has 212 valence electrons. The standard InChI is InChI=1S/C28H35F3N4O4/c1-27(2,3)19-4-8-22(9-5-19)33-12-14-34(15-13-33)26(36)18-39-23-10-6-20(16-23)32-21-7-11-25(35(37)38)24(17-21)28(29,30)31/h4-5,7-9,11,17,20,23,32H,6,10,12-16,18H2,1-3H3/t20-,23?/m1/s1. The van der Waals surface area contributed by atoms with Crippen LogP contribution in [0.25, 0.3) is 0 Å². The number of hydrogen-bond acceptors (Lipinski definition) is 6. The molecule has 0 bridgehead atoms. The van der Waals surface area contributed by atoms with E-state index in [-0.39, 0.29) is 35.8 Å². The third-order valence-electron chi connectivity index (χ3n) is 7.43. The fraction of sp³-hybridized carbons (Fsp3) is 0.536. The molecule has 11 heteroatoms. The first kappa shape index (κ1) is 28.7. The van der Waals surface area contributed by atoms with Gasteiger partial charge in [-0.2, -0.15) is 13.2 Å². The number of nitrogens with one attached hydrogen (secondary N) is 1. The molecule has 1 saturated carbocycles. The maximum absolute atomic E-state index is 13.3. The third kappa shape index (κ3) is 7.20. The topological polar surface area (TPSA) is 88.0 Å². The summed E-state index contributed by atoms with van der Waals surface area (Å²) in [5.41, 5.74) is 0.432. The van der Waals surface area contributed by atoms with Gasteiger partial charge in [0.2, 0.25) is 5.91 Å². The van der Waals surface area contributed by atoms with Crippen LogP contribution in [0, 0.1) is 10.1 Å². The van der Waals surface area contributed by atoms with Crippen molar-refractivity contribution in [1.29, 1.82) is 0 Å². The van der Waals surface area contributed by atoms with Gasteiger partial charge in [0.1, 0.15) is 12.2 Å². The van der Waals surface area contributed by atoms with Crippen LogP contribution in [0.15, 0.2) is 42.5 Å². The molecule has 2 aromatic carbocycles. The number of alkyl halides is 3. The zero-order valence-corrected chi connectivity index (χ0v) is 22.5. The van der Waals surface area contributed by atoms with E-state index in [0.29, 0.717) is 32.4 Å². The van der Waals surface area contributed by atoms with Gasteiger partial charge in [-0.15, -0.1) is 0 Å². The Morgan fingerprint density at radius 3 is 2.31 bits per heavy atom. The van der Waals surface area contributed by atoms with Crippen molar-refractivity contribution in [2.75, 3.05) is 43.0 Å². The summed E-state index contributed by atoms with van der Waals surface area (Å²) in [5, 5.41) is 14.0. The van der Waals surface area contributed by atoms with Crippen molar-refractivity contribution in [1.82, 2.24) is 4.90 Å². The summed E-state index contributed by atoms with van der Waals surface area (Å²) in [5.74, 6) is -0.0701. The van der Waals surface area contributed by atoms with Gasteiger partial charge < -0.3 is 19.9 Å². The van der Waals surface area contributed by atoms with Gasteiger partial charge in [0.15, 0.2) is 0 Å². The normalized spacial score (nSPS) is 20.3. The number of benzene rings is 2. The monoisotopic (exact) mass is 548 g/mol. The van der Waals surface area contributed by atoms with Crippen molar-refractivity contribution in [2.24, 2.45) is 0 Å². The van der Waals surface area contributed by atoms with E-state index in [1.165, 1.54) is 11.6 Å². The second-order valence-corrected chi connectivity index (χ2v) is 11.2. The molecule has 1 aliphatic carbocycles. The molecule has 39 heavy (non-hydrogen) atoms. The summed E-state index contributed by atoms with van der Waals surface area (Å²) >= 11 is 0. The molecule has 1 saturated heterocycles. The first-order valence-corrected chi connectivity index (χ1v) is 13.2. The molecular formula is C28H35F3N4O4. The first-order valence-electron chi connectivity index (χ1n) is 13.2.